The van der Waals surface area contributed by atoms with Crippen molar-refractivity contribution < 1.29 is 0 Å². The van der Waals surface area contributed by atoms with Crippen LogP contribution in [0.3, 0.4) is 0 Å². The third kappa shape index (κ3) is 1.47. The second-order valence-electron chi connectivity index (χ2n) is 5.83. The van der Waals surface area contributed by atoms with E-state index in [1.54, 1.807) is 6.20 Å². The third-order valence-electron chi connectivity index (χ3n) is 4.61. The summed E-state index contributed by atoms with van der Waals surface area (Å²) < 4.78 is 1.87. The zero-order valence-corrected chi connectivity index (χ0v) is 12.1. The Kier molecular flexibility index (Phi) is 2.52. The summed E-state index contributed by atoms with van der Waals surface area (Å²) in [7, 11) is 0. The van der Waals surface area contributed by atoms with Gasteiger partial charge in [0.1, 0.15) is 0 Å². The van der Waals surface area contributed by atoms with E-state index in [1.807, 2.05) is 28.8 Å². The number of nitrogens with one attached hydrogen (secondary N) is 1. The molecule has 0 saturated carbocycles. The molecule has 1 aliphatic rings. The molecule has 5 heteroatoms. The van der Waals surface area contributed by atoms with E-state index in [0.717, 1.165) is 22.5 Å². The van der Waals surface area contributed by atoms with Crippen LogP contribution in [0, 0.1) is 11.3 Å². The lowest BCUT2D eigenvalue weighted by Gasteiger charge is -2.26. The molecule has 2 heterocycles. The van der Waals surface area contributed by atoms with Crippen LogP contribution in [-0.2, 0) is 5.41 Å². The zero-order chi connectivity index (χ0) is 15.3. The fourth-order valence-corrected chi connectivity index (χ4v) is 3.61. The van der Waals surface area contributed by atoms with E-state index < -0.39 is 0 Å². The van der Waals surface area contributed by atoms with Crippen LogP contribution in [0.1, 0.15) is 31.0 Å². The summed E-state index contributed by atoms with van der Waals surface area (Å²) in [4.78, 5) is 19.4. The predicted octanol–water partition coefficient (Wildman–Crippen LogP) is 2.61. The number of imidazole rings is 1. The smallest absolute Gasteiger partial charge is 0.292 e. The number of H-pyrrole nitrogens is 1. The molecule has 0 amide bonds. The molecule has 0 aliphatic heterocycles. The van der Waals surface area contributed by atoms with Crippen molar-refractivity contribution in [2.24, 2.45) is 0 Å². The standard InChI is InChI=1S/C17H14N4O/c1-17(7-4-8-18)12-6-3-2-5-11(12)13-14(17)21-10-9-19-15(21)16(22)20-13/h2-3,5-6,9-10H,4,7H2,1H3,(H,20,22). The lowest BCUT2D eigenvalue weighted by atomic mass is 9.79. The highest BCUT2D eigenvalue weighted by molar-refractivity contribution is 5.77. The molecule has 0 fully saturated rings. The number of aromatic nitrogens is 3. The van der Waals surface area contributed by atoms with Gasteiger partial charge in [0, 0.05) is 29.8 Å². The highest BCUT2D eigenvalue weighted by Gasteiger charge is 2.41. The second kappa shape index (κ2) is 4.31. The molecule has 0 saturated heterocycles. The molecule has 1 aromatic carbocycles. The van der Waals surface area contributed by atoms with Crippen LogP contribution in [0.4, 0.5) is 0 Å². The van der Waals surface area contributed by atoms with E-state index >= 15 is 0 Å². The van der Waals surface area contributed by atoms with Gasteiger partial charge in [-0.2, -0.15) is 5.26 Å². The van der Waals surface area contributed by atoms with Gasteiger partial charge in [-0.1, -0.05) is 24.3 Å². The molecular formula is C17H14N4O. The summed E-state index contributed by atoms with van der Waals surface area (Å²) in [6.45, 7) is 2.13. The average molecular weight is 290 g/mol. The molecule has 1 atom stereocenters. The minimum Gasteiger partial charge on any atom is -0.317 e. The number of aromatic amines is 1. The Morgan fingerprint density at radius 3 is 3.05 bits per heavy atom. The van der Waals surface area contributed by atoms with Crippen molar-refractivity contribution in [2.45, 2.75) is 25.2 Å². The number of hydrogen-bond donors (Lipinski definition) is 1. The topological polar surface area (TPSA) is 73.9 Å². The Labute approximate surface area is 126 Å². The van der Waals surface area contributed by atoms with E-state index in [1.165, 1.54) is 0 Å². The Morgan fingerprint density at radius 2 is 2.23 bits per heavy atom. The van der Waals surface area contributed by atoms with Crippen molar-refractivity contribution in [2.75, 3.05) is 0 Å². The Balaban J connectivity index is 2.14. The summed E-state index contributed by atoms with van der Waals surface area (Å²) in [5.74, 6) is 0. The molecule has 2 aromatic heterocycles. The maximum atomic E-state index is 12.2. The van der Waals surface area contributed by atoms with Crippen molar-refractivity contribution in [3.63, 3.8) is 0 Å². The van der Waals surface area contributed by atoms with Crippen molar-refractivity contribution in [1.29, 1.82) is 5.26 Å². The number of fused-ring (bicyclic) bond motifs is 5. The quantitative estimate of drug-likeness (QED) is 0.788. The molecule has 4 rings (SSSR count). The largest absolute Gasteiger partial charge is 0.317 e. The van der Waals surface area contributed by atoms with Gasteiger partial charge in [-0.15, -0.1) is 0 Å². The van der Waals surface area contributed by atoms with Crippen LogP contribution in [-0.4, -0.2) is 14.4 Å². The van der Waals surface area contributed by atoms with E-state index in [2.05, 4.69) is 29.0 Å². The van der Waals surface area contributed by atoms with Crippen molar-refractivity contribution in [1.82, 2.24) is 14.4 Å². The van der Waals surface area contributed by atoms with Gasteiger partial charge in [0.25, 0.3) is 5.56 Å². The molecule has 108 valence electrons. The first-order valence-electron chi connectivity index (χ1n) is 7.23. The van der Waals surface area contributed by atoms with Crippen molar-refractivity contribution in [3.8, 4) is 17.3 Å². The van der Waals surface area contributed by atoms with Crippen LogP contribution in [0.2, 0.25) is 0 Å². The molecular weight excluding hydrogens is 276 g/mol. The monoisotopic (exact) mass is 290 g/mol. The molecule has 1 unspecified atom stereocenters. The normalized spacial score (nSPS) is 18.9. The first-order chi connectivity index (χ1) is 10.7. The Hall–Kier alpha value is -2.87. The Morgan fingerprint density at radius 1 is 1.41 bits per heavy atom. The highest BCUT2D eigenvalue weighted by Crippen LogP contribution is 2.49. The maximum absolute atomic E-state index is 12.2. The third-order valence-corrected chi connectivity index (χ3v) is 4.61. The van der Waals surface area contributed by atoms with E-state index in [-0.39, 0.29) is 11.0 Å². The minimum absolute atomic E-state index is 0.192. The van der Waals surface area contributed by atoms with Gasteiger partial charge < -0.3 is 4.98 Å². The summed E-state index contributed by atoms with van der Waals surface area (Å²) in [6.07, 6.45) is 4.62. The van der Waals surface area contributed by atoms with Gasteiger partial charge in [0.2, 0.25) is 5.65 Å². The van der Waals surface area contributed by atoms with Crippen LogP contribution in [0.5, 0.6) is 0 Å². The fraction of sp³-hybridized carbons (Fsp3) is 0.235. The molecule has 22 heavy (non-hydrogen) atoms. The molecule has 1 aliphatic carbocycles. The number of hydrogen-bond acceptors (Lipinski definition) is 3. The zero-order valence-electron chi connectivity index (χ0n) is 12.1. The van der Waals surface area contributed by atoms with Crippen LogP contribution in [0.25, 0.3) is 16.9 Å². The molecule has 5 nitrogen and oxygen atoms in total. The fourth-order valence-electron chi connectivity index (χ4n) is 3.61. The van der Waals surface area contributed by atoms with Gasteiger partial charge in [0.05, 0.1) is 17.5 Å². The summed E-state index contributed by atoms with van der Waals surface area (Å²) in [6, 6.07) is 10.3. The van der Waals surface area contributed by atoms with E-state index in [0.29, 0.717) is 18.5 Å². The highest BCUT2D eigenvalue weighted by atomic mass is 16.1. The van der Waals surface area contributed by atoms with Gasteiger partial charge in [0.15, 0.2) is 0 Å². The van der Waals surface area contributed by atoms with Gasteiger partial charge in [-0.25, -0.2) is 4.98 Å². The second-order valence-corrected chi connectivity index (χ2v) is 5.83. The van der Waals surface area contributed by atoms with E-state index in [9.17, 15) is 4.79 Å². The molecule has 0 radical (unpaired) electrons. The first kappa shape index (κ1) is 12.8. The molecule has 3 aromatic rings. The number of rotatable bonds is 2. The van der Waals surface area contributed by atoms with Crippen LogP contribution < -0.4 is 5.56 Å². The minimum atomic E-state index is -0.315. The molecule has 0 bridgehead atoms. The summed E-state index contributed by atoms with van der Waals surface area (Å²) in [5.41, 5.74) is 3.92. The summed E-state index contributed by atoms with van der Waals surface area (Å²) in [5, 5.41) is 9.03. The van der Waals surface area contributed by atoms with Crippen molar-refractivity contribution >= 4 is 5.65 Å². The maximum Gasteiger partial charge on any atom is 0.292 e. The molecule has 0 spiro atoms. The number of benzene rings is 1. The van der Waals surface area contributed by atoms with E-state index in [4.69, 9.17) is 5.26 Å². The predicted molar refractivity (Wildman–Crippen MR) is 82.5 cm³/mol. The average Bonchev–Trinajstić information content (AvgIpc) is 3.10. The SMILES string of the molecule is CC1(CCC#N)c2ccccc2-c2[nH]c(=O)c3nccn3c21. The Bertz CT molecular complexity index is 992. The summed E-state index contributed by atoms with van der Waals surface area (Å²) >= 11 is 0. The van der Waals surface area contributed by atoms with Crippen LogP contribution >= 0.6 is 0 Å². The lowest BCUT2D eigenvalue weighted by molar-refractivity contribution is 0.519. The first-order valence-corrected chi connectivity index (χ1v) is 7.23. The van der Waals surface area contributed by atoms with Gasteiger partial charge in [-0.3, -0.25) is 9.20 Å². The number of nitrogens with zero attached hydrogens (tertiary/aromatic N) is 3. The lowest BCUT2D eigenvalue weighted by Crippen LogP contribution is -2.25. The molecule has 1 N–H and O–H groups in total. The number of nitriles is 1. The van der Waals surface area contributed by atoms with Gasteiger partial charge >= 0.3 is 0 Å². The van der Waals surface area contributed by atoms with Crippen molar-refractivity contribution in [3.05, 3.63) is 58.3 Å². The van der Waals surface area contributed by atoms with Gasteiger partial charge in [-0.05, 0) is 18.9 Å². The van der Waals surface area contributed by atoms with Crippen LogP contribution in [0.15, 0.2) is 41.5 Å².